The maximum atomic E-state index is 6.27. The van der Waals surface area contributed by atoms with Crippen molar-refractivity contribution >= 4 is 22.5 Å². The average Bonchev–Trinajstić information content (AvgIpc) is 2.70. The second kappa shape index (κ2) is 4.55. The Labute approximate surface area is 113 Å². The minimum atomic E-state index is 0.358. The van der Waals surface area contributed by atoms with Crippen molar-refractivity contribution in [1.29, 1.82) is 0 Å². The first-order valence-electron chi connectivity index (χ1n) is 6.63. The number of para-hydroxylation sites is 1. The van der Waals surface area contributed by atoms with Crippen LogP contribution in [-0.4, -0.2) is 10.4 Å². The smallest absolute Gasteiger partial charge is 0.0704 e. The summed E-state index contributed by atoms with van der Waals surface area (Å²) in [6, 6.07) is 10.6. The molecule has 3 rings (SSSR count). The molecule has 0 radical (unpaired) electrons. The van der Waals surface area contributed by atoms with Crippen molar-refractivity contribution in [2.45, 2.75) is 38.0 Å². The standard InChI is InChI=1S/C16H18ClN/c1-16(8-6-13(17)11-16)10-12-7-9-18-15-5-3-2-4-14(12)15/h2-5,7,9,13H,6,8,10-11H2,1H3. The highest BCUT2D eigenvalue weighted by Crippen LogP contribution is 2.43. The van der Waals surface area contributed by atoms with Gasteiger partial charge in [-0.05, 0) is 48.8 Å². The number of hydrogen-bond acceptors (Lipinski definition) is 1. The molecular formula is C16H18ClN. The second-order valence-corrected chi connectivity index (χ2v) is 6.43. The fourth-order valence-corrected chi connectivity index (χ4v) is 3.66. The van der Waals surface area contributed by atoms with Gasteiger partial charge in [0.2, 0.25) is 0 Å². The van der Waals surface area contributed by atoms with Crippen LogP contribution in [0.5, 0.6) is 0 Å². The van der Waals surface area contributed by atoms with Gasteiger partial charge in [0, 0.05) is 17.0 Å². The lowest BCUT2D eigenvalue weighted by atomic mass is 9.81. The van der Waals surface area contributed by atoms with Crippen LogP contribution in [0.3, 0.4) is 0 Å². The molecule has 2 atom stereocenters. The summed E-state index contributed by atoms with van der Waals surface area (Å²) >= 11 is 6.27. The maximum Gasteiger partial charge on any atom is 0.0704 e. The number of aromatic nitrogens is 1. The van der Waals surface area contributed by atoms with Crippen molar-refractivity contribution in [2.75, 3.05) is 0 Å². The van der Waals surface area contributed by atoms with Gasteiger partial charge >= 0.3 is 0 Å². The molecule has 0 spiro atoms. The number of halogens is 1. The van der Waals surface area contributed by atoms with Gasteiger partial charge in [0.15, 0.2) is 0 Å². The van der Waals surface area contributed by atoms with Gasteiger partial charge in [-0.25, -0.2) is 0 Å². The minimum absolute atomic E-state index is 0.358. The first kappa shape index (κ1) is 12.0. The van der Waals surface area contributed by atoms with Crippen molar-refractivity contribution < 1.29 is 0 Å². The monoisotopic (exact) mass is 259 g/mol. The van der Waals surface area contributed by atoms with E-state index in [9.17, 15) is 0 Å². The first-order chi connectivity index (χ1) is 8.66. The summed E-state index contributed by atoms with van der Waals surface area (Å²) in [5.74, 6) is 0. The predicted octanol–water partition coefficient (Wildman–Crippen LogP) is 4.57. The van der Waals surface area contributed by atoms with Gasteiger partial charge in [0.1, 0.15) is 0 Å². The van der Waals surface area contributed by atoms with Crippen LogP contribution in [0.4, 0.5) is 0 Å². The van der Waals surface area contributed by atoms with E-state index >= 15 is 0 Å². The van der Waals surface area contributed by atoms with E-state index in [0.29, 0.717) is 10.8 Å². The Morgan fingerprint density at radius 2 is 2.17 bits per heavy atom. The van der Waals surface area contributed by atoms with Gasteiger partial charge in [-0.15, -0.1) is 11.6 Å². The number of pyridine rings is 1. The van der Waals surface area contributed by atoms with Crippen LogP contribution in [-0.2, 0) is 6.42 Å². The van der Waals surface area contributed by atoms with Crippen LogP contribution in [0.15, 0.2) is 36.5 Å². The van der Waals surface area contributed by atoms with Gasteiger partial charge in [-0.3, -0.25) is 4.98 Å². The molecule has 1 aliphatic carbocycles. The van der Waals surface area contributed by atoms with Gasteiger partial charge < -0.3 is 0 Å². The Kier molecular flexibility index (Phi) is 3.03. The van der Waals surface area contributed by atoms with E-state index in [1.807, 2.05) is 12.3 Å². The third-order valence-electron chi connectivity index (χ3n) is 4.13. The molecule has 94 valence electrons. The summed E-state index contributed by atoms with van der Waals surface area (Å²) in [6.07, 6.45) is 6.55. The van der Waals surface area contributed by atoms with Gasteiger partial charge in [-0.2, -0.15) is 0 Å². The third-order valence-corrected chi connectivity index (χ3v) is 4.50. The highest BCUT2D eigenvalue weighted by atomic mass is 35.5. The molecule has 1 saturated carbocycles. The average molecular weight is 260 g/mol. The summed E-state index contributed by atoms with van der Waals surface area (Å²) in [5.41, 5.74) is 2.86. The van der Waals surface area contributed by atoms with E-state index in [4.69, 9.17) is 11.6 Å². The second-order valence-electron chi connectivity index (χ2n) is 5.81. The molecule has 2 heteroatoms. The van der Waals surface area contributed by atoms with Crippen molar-refractivity contribution in [3.63, 3.8) is 0 Å². The molecule has 2 aromatic rings. The van der Waals surface area contributed by atoms with Crippen LogP contribution in [0.2, 0.25) is 0 Å². The highest BCUT2D eigenvalue weighted by Gasteiger charge is 2.34. The van der Waals surface area contributed by atoms with Gasteiger partial charge in [0.05, 0.1) is 5.52 Å². The Bertz CT molecular complexity index is 561. The topological polar surface area (TPSA) is 12.9 Å². The molecule has 18 heavy (non-hydrogen) atoms. The van der Waals surface area contributed by atoms with E-state index < -0.39 is 0 Å². The Morgan fingerprint density at radius 1 is 1.33 bits per heavy atom. The SMILES string of the molecule is CC1(Cc2ccnc3ccccc23)CCC(Cl)C1. The molecule has 1 aromatic heterocycles. The summed E-state index contributed by atoms with van der Waals surface area (Å²) in [5, 5.41) is 1.65. The molecule has 1 aromatic carbocycles. The number of rotatable bonds is 2. The maximum absolute atomic E-state index is 6.27. The van der Waals surface area contributed by atoms with E-state index in [-0.39, 0.29) is 0 Å². The largest absolute Gasteiger partial charge is 0.256 e. The molecule has 0 aliphatic heterocycles. The summed E-state index contributed by atoms with van der Waals surface area (Å²) in [6.45, 7) is 2.37. The molecule has 0 amide bonds. The van der Waals surface area contributed by atoms with Crippen molar-refractivity contribution in [2.24, 2.45) is 5.41 Å². The summed E-state index contributed by atoms with van der Waals surface area (Å²) in [7, 11) is 0. The Balaban J connectivity index is 1.95. The molecule has 1 fully saturated rings. The van der Waals surface area contributed by atoms with Gasteiger partial charge in [0.25, 0.3) is 0 Å². The van der Waals surface area contributed by atoms with E-state index in [1.165, 1.54) is 17.4 Å². The zero-order valence-electron chi connectivity index (χ0n) is 10.7. The van der Waals surface area contributed by atoms with E-state index in [1.54, 1.807) is 0 Å². The van der Waals surface area contributed by atoms with Crippen molar-refractivity contribution in [3.8, 4) is 0 Å². The Morgan fingerprint density at radius 3 is 2.94 bits per heavy atom. The number of nitrogens with zero attached hydrogens (tertiary/aromatic N) is 1. The van der Waals surface area contributed by atoms with E-state index in [2.05, 4.69) is 36.2 Å². The van der Waals surface area contributed by atoms with Crippen LogP contribution in [0, 0.1) is 5.41 Å². The zero-order valence-corrected chi connectivity index (χ0v) is 11.5. The van der Waals surface area contributed by atoms with Crippen LogP contribution in [0.25, 0.3) is 10.9 Å². The van der Waals surface area contributed by atoms with Crippen LogP contribution in [0.1, 0.15) is 31.7 Å². The van der Waals surface area contributed by atoms with E-state index in [0.717, 1.165) is 24.8 Å². The lowest BCUT2D eigenvalue weighted by molar-refractivity contribution is 0.336. The molecule has 0 N–H and O–H groups in total. The summed E-state index contributed by atoms with van der Waals surface area (Å²) in [4.78, 5) is 4.43. The lowest BCUT2D eigenvalue weighted by Crippen LogP contribution is -2.16. The fraction of sp³-hybridized carbons (Fsp3) is 0.438. The molecule has 1 heterocycles. The summed E-state index contributed by atoms with van der Waals surface area (Å²) < 4.78 is 0. The van der Waals surface area contributed by atoms with Gasteiger partial charge in [-0.1, -0.05) is 25.1 Å². The van der Waals surface area contributed by atoms with Crippen LogP contribution >= 0.6 is 11.6 Å². The Hall–Kier alpha value is -1.08. The molecule has 1 aliphatic rings. The van der Waals surface area contributed by atoms with Crippen molar-refractivity contribution in [1.82, 2.24) is 4.98 Å². The lowest BCUT2D eigenvalue weighted by Gasteiger charge is -2.24. The first-order valence-corrected chi connectivity index (χ1v) is 7.07. The number of fused-ring (bicyclic) bond motifs is 1. The molecule has 0 saturated heterocycles. The molecular weight excluding hydrogens is 242 g/mol. The van der Waals surface area contributed by atoms with Crippen molar-refractivity contribution in [3.05, 3.63) is 42.1 Å². The fourth-order valence-electron chi connectivity index (χ4n) is 3.17. The predicted molar refractivity (Wildman–Crippen MR) is 77.0 cm³/mol. The van der Waals surface area contributed by atoms with Crippen LogP contribution < -0.4 is 0 Å². The molecule has 1 nitrogen and oxygen atoms in total. The quantitative estimate of drug-likeness (QED) is 0.720. The zero-order chi connectivity index (χ0) is 12.6. The number of alkyl halides is 1. The minimum Gasteiger partial charge on any atom is -0.256 e. The highest BCUT2D eigenvalue weighted by molar-refractivity contribution is 6.20. The molecule has 2 unspecified atom stereocenters. The third kappa shape index (κ3) is 2.24. The normalized spacial score (nSPS) is 27.8. The number of hydrogen-bond donors (Lipinski definition) is 0. The molecule has 0 bridgehead atoms. The number of benzene rings is 1.